The van der Waals surface area contributed by atoms with Crippen molar-refractivity contribution in [3.8, 4) is 0 Å². The van der Waals surface area contributed by atoms with E-state index in [1.54, 1.807) is 0 Å². The molecule has 1 N–H and O–H groups in total. The van der Waals surface area contributed by atoms with E-state index in [2.05, 4.69) is 15.9 Å². The standard InChI is InChI=1S/C7H14BrClO/c8-5-1-3-7(10)4-2-6-9/h7,10H,1-6H2. The van der Waals surface area contributed by atoms with Crippen molar-refractivity contribution in [3.63, 3.8) is 0 Å². The lowest BCUT2D eigenvalue weighted by Crippen LogP contribution is -2.06. The number of rotatable bonds is 6. The van der Waals surface area contributed by atoms with Gasteiger partial charge in [0.25, 0.3) is 0 Å². The summed E-state index contributed by atoms with van der Waals surface area (Å²) in [5, 5.41) is 10.2. The molecule has 0 rings (SSSR count). The molecule has 0 aliphatic heterocycles. The van der Waals surface area contributed by atoms with Crippen LogP contribution in [0.2, 0.25) is 0 Å². The van der Waals surface area contributed by atoms with E-state index >= 15 is 0 Å². The van der Waals surface area contributed by atoms with Gasteiger partial charge in [0.05, 0.1) is 6.10 Å². The lowest BCUT2D eigenvalue weighted by atomic mass is 10.1. The highest BCUT2D eigenvalue weighted by Crippen LogP contribution is 2.06. The fourth-order valence-corrected chi connectivity index (χ4v) is 1.25. The van der Waals surface area contributed by atoms with Gasteiger partial charge in [0.15, 0.2) is 0 Å². The lowest BCUT2D eigenvalue weighted by molar-refractivity contribution is 0.153. The lowest BCUT2D eigenvalue weighted by Gasteiger charge is -2.06. The predicted octanol–water partition coefficient (Wildman–Crippen LogP) is 2.54. The van der Waals surface area contributed by atoms with Gasteiger partial charge < -0.3 is 5.11 Å². The summed E-state index contributed by atoms with van der Waals surface area (Å²) in [4.78, 5) is 0. The zero-order valence-electron chi connectivity index (χ0n) is 6.02. The average molecular weight is 230 g/mol. The number of aliphatic hydroxyl groups is 1. The van der Waals surface area contributed by atoms with E-state index in [-0.39, 0.29) is 6.10 Å². The van der Waals surface area contributed by atoms with E-state index in [1.807, 2.05) is 0 Å². The molecule has 1 atom stereocenters. The number of hydrogen-bond acceptors (Lipinski definition) is 1. The smallest absolute Gasteiger partial charge is 0.0541 e. The molecule has 0 aromatic carbocycles. The third-order valence-electron chi connectivity index (χ3n) is 1.34. The van der Waals surface area contributed by atoms with Crippen molar-refractivity contribution in [1.82, 2.24) is 0 Å². The Morgan fingerprint density at radius 2 is 1.90 bits per heavy atom. The van der Waals surface area contributed by atoms with Crippen LogP contribution in [0, 0.1) is 0 Å². The Morgan fingerprint density at radius 3 is 2.40 bits per heavy atom. The van der Waals surface area contributed by atoms with Gasteiger partial charge >= 0.3 is 0 Å². The maximum atomic E-state index is 9.23. The first-order chi connectivity index (χ1) is 4.81. The zero-order valence-corrected chi connectivity index (χ0v) is 8.37. The molecular weight excluding hydrogens is 215 g/mol. The van der Waals surface area contributed by atoms with Gasteiger partial charge in [-0.2, -0.15) is 0 Å². The van der Waals surface area contributed by atoms with Crippen molar-refractivity contribution in [2.24, 2.45) is 0 Å². The van der Waals surface area contributed by atoms with Crippen molar-refractivity contribution >= 4 is 27.5 Å². The summed E-state index contributed by atoms with van der Waals surface area (Å²) in [7, 11) is 0. The van der Waals surface area contributed by atoms with Gasteiger partial charge in [0.2, 0.25) is 0 Å². The SMILES string of the molecule is OC(CCCCl)CCCBr. The second-order valence-electron chi connectivity index (χ2n) is 2.32. The maximum Gasteiger partial charge on any atom is 0.0541 e. The Balaban J connectivity index is 3.00. The third-order valence-corrected chi connectivity index (χ3v) is 2.17. The molecule has 0 aromatic heterocycles. The molecule has 0 bridgehead atoms. The van der Waals surface area contributed by atoms with Crippen LogP contribution in [0.15, 0.2) is 0 Å². The Morgan fingerprint density at radius 1 is 1.30 bits per heavy atom. The number of alkyl halides is 2. The monoisotopic (exact) mass is 228 g/mol. The molecule has 0 saturated carbocycles. The summed E-state index contributed by atoms with van der Waals surface area (Å²) in [5.74, 6) is 0.658. The van der Waals surface area contributed by atoms with E-state index in [9.17, 15) is 5.11 Å². The van der Waals surface area contributed by atoms with Crippen LogP contribution in [0.25, 0.3) is 0 Å². The molecule has 0 aliphatic rings. The molecule has 1 nitrogen and oxygen atoms in total. The fourth-order valence-electron chi connectivity index (χ4n) is 0.770. The first-order valence-corrected chi connectivity index (χ1v) is 5.27. The van der Waals surface area contributed by atoms with Crippen LogP contribution in [0.1, 0.15) is 25.7 Å². The predicted molar refractivity (Wildman–Crippen MR) is 49.0 cm³/mol. The van der Waals surface area contributed by atoms with Crippen molar-refractivity contribution in [1.29, 1.82) is 0 Å². The summed E-state index contributed by atoms with van der Waals surface area (Å²) in [6, 6.07) is 0. The molecule has 3 heteroatoms. The van der Waals surface area contributed by atoms with Crippen LogP contribution >= 0.6 is 27.5 Å². The van der Waals surface area contributed by atoms with Gasteiger partial charge in [0, 0.05) is 11.2 Å². The van der Waals surface area contributed by atoms with Crippen molar-refractivity contribution in [2.75, 3.05) is 11.2 Å². The van der Waals surface area contributed by atoms with Crippen LogP contribution in [0.3, 0.4) is 0 Å². The number of aliphatic hydroxyl groups excluding tert-OH is 1. The highest BCUT2D eigenvalue weighted by Gasteiger charge is 2.01. The summed E-state index contributed by atoms with van der Waals surface area (Å²) in [5.41, 5.74) is 0. The molecule has 0 amide bonds. The van der Waals surface area contributed by atoms with E-state index in [4.69, 9.17) is 11.6 Å². The Bertz CT molecular complexity index is 62.6. The van der Waals surface area contributed by atoms with Crippen molar-refractivity contribution in [3.05, 3.63) is 0 Å². The van der Waals surface area contributed by atoms with Gasteiger partial charge in [-0.05, 0) is 25.7 Å². The molecule has 0 radical (unpaired) electrons. The maximum absolute atomic E-state index is 9.23. The van der Waals surface area contributed by atoms with Gasteiger partial charge in [-0.25, -0.2) is 0 Å². The summed E-state index contributed by atoms with van der Waals surface area (Å²) in [6.45, 7) is 0. The summed E-state index contributed by atoms with van der Waals surface area (Å²) in [6.07, 6.45) is 3.56. The van der Waals surface area contributed by atoms with Gasteiger partial charge in [-0.15, -0.1) is 11.6 Å². The topological polar surface area (TPSA) is 20.2 Å². The minimum Gasteiger partial charge on any atom is -0.393 e. The molecular formula is C7H14BrClO. The highest BCUT2D eigenvalue weighted by molar-refractivity contribution is 9.09. The van der Waals surface area contributed by atoms with Crippen LogP contribution in [0.5, 0.6) is 0 Å². The quantitative estimate of drug-likeness (QED) is 0.694. The fraction of sp³-hybridized carbons (Fsp3) is 1.00. The molecule has 0 spiro atoms. The third kappa shape index (κ3) is 6.84. The zero-order chi connectivity index (χ0) is 7.82. The van der Waals surface area contributed by atoms with E-state index in [0.717, 1.165) is 31.0 Å². The van der Waals surface area contributed by atoms with E-state index < -0.39 is 0 Å². The van der Waals surface area contributed by atoms with Crippen LogP contribution in [-0.4, -0.2) is 22.4 Å². The Hall–Kier alpha value is 0.730. The molecule has 0 heterocycles. The summed E-state index contributed by atoms with van der Waals surface area (Å²) >= 11 is 8.77. The molecule has 0 aromatic rings. The molecule has 10 heavy (non-hydrogen) atoms. The number of hydrogen-bond donors (Lipinski definition) is 1. The molecule has 0 saturated heterocycles. The van der Waals surface area contributed by atoms with Crippen molar-refractivity contribution in [2.45, 2.75) is 31.8 Å². The van der Waals surface area contributed by atoms with Crippen molar-refractivity contribution < 1.29 is 5.11 Å². The minimum absolute atomic E-state index is 0.142. The molecule has 62 valence electrons. The van der Waals surface area contributed by atoms with Gasteiger partial charge in [-0.3, -0.25) is 0 Å². The molecule has 1 unspecified atom stereocenters. The second-order valence-corrected chi connectivity index (χ2v) is 3.49. The van der Waals surface area contributed by atoms with Crippen LogP contribution in [-0.2, 0) is 0 Å². The minimum atomic E-state index is -0.142. The number of halogens is 2. The molecule has 0 aliphatic carbocycles. The van der Waals surface area contributed by atoms with Crippen LogP contribution in [0.4, 0.5) is 0 Å². The first-order valence-electron chi connectivity index (χ1n) is 3.61. The van der Waals surface area contributed by atoms with E-state index in [0.29, 0.717) is 5.88 Å². The second kappa shape index (κ2) is 7.83. The Labute approximate surface area is 75.9 Å². The normalized spacial score (nSPS) is 13.5. The highest BCUT2D eigenvalue weighted by atomic mass is 79.9. The first kappa shape index (κ1) is 10.7. The summed E-state index contributed by atoms with van der Waals surface area (Å²) < 4.78 is 0. The largest absolute Gasteiger partial charge is 0.393 e. The molecule has 0 fully saturated rings. The van der Waals surface area contributed by atoms with E-state index in [1.165, 1.54) is 0 Å². The average Bonchev–Trinajstić information content (AvgIpc) is 1.97. The Kier molecular flexibility index (Phi) is 8.40. The van der Waals surface area contributed by atoms with Gasteiger partial charge in [-0.1, -0.05) is 15.9 Å². The van der Waals surface area contributed by atoms with Gasteiger partial charge in [0.1, 0.15) is 0 Å². The van der Waals surface area contributed by atoms with Crippen LogP contribution < -0.4 is 0 Å².